The summed E-state index contributed by atoms with van der Waals surface area (Å²) in [6.07, 6.45) is 1.29. The zero-order valence-electron chi connectivity index (χ0n) is 9.00. The van der Waals surface area contributed by atoms with Gasteiger partial charge in [0.15, 0.2) is 0 Å². The smallest absolute Gasteiger partial charge is 0.130 e. The maximum absolute atomic E-state index is 11.0. The van der Waals surface area contributed by atoms with Crippen molar-refractivity contribution in [3.8, 4) is 0 Å². The van der Waals surface area contributed by atoms with E-state index in [1.807, 2.05) is 6.92 Å². The van der Waals surface area contributed by atoms with E-state index in [0.717, 1.165) is 6.42 Å². The first kappa shape index (κ1) is 10.7. The monoisotopic (exact) mass is 184 g/mol. The van der Waals surface area contributed by atoms with Crippen LogP contribution in [0.2, 0.25) is 0 Å². The molecule has 0 bridgehead atoms. The van der Waals surface area contributed by atoms with E-state index in [2.05, 4.69) is 13.8 Å². The molecule has 2 nitrogen and oxygen atoms in total. The van der Waals surface area contributed by atoms with Gasteiger partial charge in [-0.3, -0.25) is 0 Å². The Morgan fingerprint density at radius 1 is 1.46 bits per heavy atom. The number of carbonyl (C=O) groups excluding carboxylic acids is 1. The highest BCUT2D eigenvalue weighted by Crippen LogP contribution is 2.61. The van der Waals surface area contributed by atoms with Crippen molar-refractivity contribution in [2.24, 2.45) is 17.3 Å². The Morgan fingerprint density at radius 2 is 2.00 bits per heavy atom. The van der Waals surface area contributed by atoms with Crippen molar-refractivity contribution in [1.29, 1.82) is 0 Å². The molecule has 0 saturated heterocycles. The van der Waals surface area contributed by atoms with Crippen LogP contribution in [-0.2, 0) is 4.79 Å². The summed E-state index contributed by atoms with van der Waals surface area (Å²) in [5.74, 6) is 1.31. The maximum atomic E-state index is 11.0. The third-order valence-corrected chi connectivity index (χ3v) is 3.39. The quantitative estimate of drug-likeness (QED) is 0.725. The van der Waals surface area contributed by atoms with Gasteiger partial charge in [0.2, 0.25) is 0 Å². The van der Waals surface area contributed by atoms with Gasteiger partial charge in [-0.1, -0.05) is 13.8 Å². The van der Waals surface area contributed by atoms with Gasteiger partial charge in [0.05, 0.1) is 6.10 Å². The standard InChI is InChI=1S/C11H20O2/c1-7(12)5-9-10(6-8(2)13)11(9,3)4/h7,9-10,12H,5-6H2,1-4H3/t7-,9+,10-/m1/s1. The Labute approximate surface area is 80.3 Å². The van der Waals surface area contributed by atoms with Gasteiger partial charge in [-0.05, 0) is 37.5 Å². The van der Waals surface area contributed by atoms with Crippen LogP contribution >= 0.6 is 0 Å². The van der Waals surface area contributed by atoms with Gasteiger partial charge in [0.25, 0.3) is 0 Å². The zero-order valence-corrected chi connectivity index (χ0v) is 9.00. The lowest BCUT2D eigenvalue weighted by Crippen LogP contribution is -2.03. The van der Waals surface area contributed by atoms with Crippen molar-refractivity contribution < 1.29 is 9.90 Å². The molecule has 1 aliphatic carbocycles. The van der Waals surface area contributed by atoms with E-state index in [1.54, 1.807) is 6.92 Å². The lowest BCUT2D eigenvalue weighted by Gasteiger charge is -2.04. The van der Waals surface area contributed by atoms with Crippen molar-refractivity contribution in [3.05, 3.63) is 0 Å². The summed E-state index contributed by atoms with van der Waals surface area (Å²) in [6, 6.07) is 0. The van der Waals surface area contributed by atoms with E-state index in [9.17, 15) is 9.90 Å². The second-order valence-electron chi connectivity index (χ2n) is 5.03. The first-order chi connectivity index (χ1) is 5.85. The molecule has 0 aromatic rings. The van der Waals surface area contributed by atoms with Gasteiger partial charge >= 0.3 is 0 Å². The van der Waals surface area contributed by atoms with Gasteiger partial charge in [0.1, 0.15) is 5.78 Å². The van der Waals surface area contributed by atoms with Crippen LogP contribution in [0.25, 0.3) is 0 Å². The number of hydrogen-bond donors (Lipinski definition) is 1. The fourth-order valence-electron chi connectivity index (χ4n) is 2.41. The molecule has 2 heteroatoms. The van der Waals surface area contributed by atoms with E-state index in [1.165, 1.54) is 0 Å². The number of Topliss-reactive ketones (excluding diaryl/α,β-unsaturated/α-hetero) is 1. The predicted molar refractivity (Wildman–Crippen MR) is 52.4 cm³/mol. The van der Waals surface area contributed by atoms with Gasteiger partial charge in [-0.25, -0.2) is 0 Å². The average Bonchev–Trinajstić information content (AvgIpc) is 2.36. The highest BCUT2D eigenvalue weighted by Gasteiger charge is 2.57. The van der Waals surface area contributed by atoms with Gasteiger partial charge in [-0.15, -0.1) is 0 Å². The second-order valence-corrected chi connectivity index (χ2v) is 5.03. The molecule has 0 amide bonds. The van der Waals surface area contributed by atoms with E-state index in [4.69, 9.17) is 0 Å². The Bertz CT molecular complexity index is 206. The minimum absolute atomic E-state index is 0.235. The summed E-state index contributed by atoms with van der Waals surface area (Å²) >= 11 is 0. The van der Waals surface area contributed by atoms with Crippen LogP contribution in [0.4, 0.5) is 0 Å². The highest BCUT2D eigenvalue weighted by molar-refractivity contribution is 5.76. The Balaban J connectivity index is 2.46. The molecule has 0 radical (unpaired) electrons. The van der Waals surface area contributed by atoms with Crippen LogP contribution in [0.5, 0.6) is 0 Å². The minimum Gasteiger partial charge on any atom is -0.393 e. The van der Waals surface area contributed by atoms with Crippen molar-refractivity contribution in [1.82, 2.24) is 0 Å². The maximum Gasteiger partial charge on any atom is 0.130 e. The molecule has 1 rings (SSSR count). The lowest BCUT2D eigenvalue weighted by atomic mass is 10.1. The van der Waals surface area contributed by atoms with Crippen molar-refractivity contribution >= 4 is 5.78 Å². The summed E-state index contributed by atoms with van der Waals surface area (Å²) in [6.45, 7) is 7.84. The van der Waals surface area contributed by atoms with Crippen LogP contribution in [0.3, 0.4) is 0 Å². The molecule has 0 spiro atoms. The van der Waals surface area contributed by atoms with E-state index < -0.39 is 0 Å². The molecule has 1 N–H and O–H groups in total. The molecule has 1 aliphatic rings. The average molecular weight is 184 g/mol. The van der Waals surface area contributed by atoms with Crippen LogP contribution in [0.15, 0.2) is 0 Å². The largest absolute Gasteiger partial charge is 0.393 e. The fourth-order valence-corrected chi connectivity index (χ4v) is 2.41. The Morgan fingerprint density at radius 3 is 2.38 bits per heavy atom. The number of ketones is 1. The summed E-state index contributed by atoms with van der Waals surface area (Å²) in [5, 5.41) is 9.26. The zero-order chi connectivity index (χ0) is 10.2. The van der Waals surface area contributed by atoms with Crippen molar-refractivity contribution in [2.45, 2.75) is 46.6 Å². The topological polar surface area (TPSA) is 37.3 Å². The van der Waals surface area contributed by atoms with E-state index >= 15 is 0 Å². The number of carbonyl (C=O) groups is 1. The summed E-state index contributed by atoms with van der Waals surface area (Å²) in [5.41, 5.74) is 0.267. The second kappa shape index (κ2) is 3.41. The summed E-state index contributed by atoms with van der Waals surface area (Å²) in [4.78, 5) is 11.0. The normalized spacial score (nSPS) is 32.7. The molecule has 0 aromatic carbocycles. The molecular weight excluding hydrogens is 164 g/mol. The fraction of sp³-hybridized carbons (Fsp3) is 0.909. The van der Waals surface area contributed by atoms with E-state index in [0.29, 0.717) is 18.3 Å². The number of hydrogen-bond acceptors (Lipinski definition) is 2. The first-order valence-corrected chi connectivity index (χ1v) is 5.03. The molecule has 1 fully saturated rings. The number of aliphatic hydroxyl groups is 1. The van der Waals surface area contributed by atoms with Crippen LogP contribution in [-0.4, -0.2) is 17.0 Å². The summed E-state index contributed by atoms with van der Waals surface area (Å²) in [7, 11) is 0. The highest BCUT2D eigenvalue weighted by atomic mass is 16.3. The number of rotatable bonds is 4. The molecule has 76 valence electrons. The van der Waals surface area contributed by atoms with Gasteiger partial charge < -0.3 is 9.90 Å². The van der Waals surface area contributed by atoms with Crippen LogP contribution < -0.4 is 0 Å². The Hall–Kier alpha value is -0.370. The SMILES string of the molecule is CC(=O)C[C@@H]1[C@H](C[C@@H](C)O)C1(C)C. The number of aliphatic hydroxyl groups excluding tert-OH is 1. The third-order valence-electron chi connectivity index (χ3n) is 3.39. The molecule has 3 atom stereocenters. The first-order valence-electron chi connectivity index (χ1n) is 5.03. The van der Waals surface area contributed by atoms with E-state index in [-0.39, 0.29) is 17.3 Å². The third kappa shape index (κ3) is 2.31. The van der Waals surface area contributed by atoms with Gasteiger partial charge in [-0.2, -0.15) is 0 Å². The van der Waals surface area contributed by atoms with Crippen molar-refractivity contribution in [2.75, 3.05) is 0 Å². The lowest BCUT2D eigenvalue weighted by molar-refractivity contribution is -0.117. The summed E-state index contributed by atoms with van der Waals surface area (Å²) < 4.78 is 0. The molecule has 0 unspecified atom stereocenters. The van der Waals surface area contributed by atoms with Crippen LogP contribution in [0, 0.1) is 17.3 Å². The minimum atomic E-state index is -0.235. The molecule has 13 heavy (non-hydrogen) atoms. The van der Waals surface area contributed by atoms with Crippen molar-refractivity contribution in [3.63, 3.8) is 0 Å². The molecule has 0 aliphatic heterocycles. The Kier molecular flexibility index (Phi) is 2.81. The molecule has 0 heterocycles. The molecular formula is C11H20O2. The predicted octanol–water partition coefficient (Wildman–Crippen LogP) is 2.01. The van der Waals surface area contributed by atoms with Gasteiger partial charge in [0, 0.05) is 6.42 Å². The molecule has 0 aromatic heterocycles. The van der Waals surface area contributed by atoms with Crippen LogP contribution in [0.1, 0.15) is 40.5 Å². The molecule has 1 saturated carbocycles.